The molecule has 0 spiro atoms. The van der Waals surface area contributed by atoms with Crippen molar-refractivity contribution in [3.8, 4) is 0 Å². The minimum atomic E-state index is -4.87. The molecule has 6 nitrogen and oxygen atoms in total. The number of carbonyl (C=O) groups is 2. The second-order valence-corrected chi connectivity index (χ2v) is 11.0. The fraction of sp³-hybridized carbons (Fsp3) is 0.345. The van der Waals surface area contributed by atoms with E-state index in [1.807, 2.05) is 0 Å². The van der Waals surface area contributed by atoms with Crippen LogP contribution < -0.4 is 10.2 Å². The highest BCUT2D eigenvalue weighted by Crippen LogP contribution is 2.48. The molecule has 42 heavy (non-hydrogen) atoms. The molecule has 5 rings (SSSR count). The monoisotopic (exact) mass is 611 g/mol. The maximum Gasteiger partial charge on any atom is 0.416 e. The van der Waals surface area contributed by atoms with Crippen LogP contribution in [0.1, 0.15) is 39.9 Å². The van der Waals surface area contributed by atoms with E-state index in [4.69, 9.17) is 11.6 Å². The van der Waals surface area contributed by atoms with Gasteiger partial charge in [-0.25, -0.2) is 13.2 Å². The third-order valence-electron chi connectivity index (χ3n) is 7.89. The first kappa shape index (κ1) is 29.8. The van der Waals surface area contributed by atoms with E-state index in [0.29, 0.717) is 18.2 Å². The molecule has 2 aromatic carbocycles. The van der Waals surface area contributed by atoms with Gasteiger partial charge in [0, 0.05) is 47.4 Å². The maximum absolute atomic E-state index is 14.9. The van der Waals surface area contributed by atoms with Crippen LogP contribution >= 0.6 is 11.6 Å². The number of carbonyl (C=O) groups excluding carboxylic acids is 2. The van der Waals surface area contributed by atoms with Gasteiger partial charge in [0.1, 0.15) is 5.82 Å². The summed E-state index contributed by atoms with van der Waals surface area (Å²) in [6.45, 7) is -0.278. The van der Waals surface area contributed by atoms with Crippen LogP contribution in [-0.2, 0) is 16.6 Å². The molecular weight excluding hydrogens is 588 g/mol. The molecule has 1 aliphatic carbocycles. The smallest absolute Gasteiger partial charge is 0.372 e. The molecule has 0 radical (unpaired) electrons. The maximum atomic E-state index is 14.9. The molecule has 0 bridgehead atoms. The normalized spacial score (nSPS) is 25.9. The predicted octanol–water partition coefficient (Wildman–Crippen LogP) is 5.52. The number of pyridine rings is 1. The standard InChI is InChI=1S/C29H24ClF6N3O3/c30-21-12-23(38-26(40)15-4-3-9-37-13-15)18(25(32)33)10-16(21)14-39-24-6-2-1-5-19(24)28(42,27(39)41)20-11-17(29(34,35)36)7-8-22(20)31/h1-9,11,13,16,18,21,23,25,42H,10,12,14H2,(H,38,40)/t16-,18-,21-,23-,28-/m1/s1. The van der Waals surface area contributed by atoms with Gasteiger partial charge in [0.05, 0.1) is 16.8 Å². The van der Waals surface area contributed by atoms with Crippen molar-refractivity contribution >= 4 is 29.1 Å². The number of para-hydroxylation sites is 1. The number of halogens is 7. The van der Waals surface area contributed by atoms with Crippen molar-refractivity contribution in [1.29, 1.82) is 0 Å². The van der Waals surface area contributed by atoms with E-state index in [1.165, 1.54) is 48.8 Å². The third kappa shape index (κ3) is 5.33. The molecule has 5 atom stereocenters. The van der Waals surface area contributed by atoms with Gasteiger partial charge in [-0.2, -0.15) is 13.2 Å². The lowest BCUT2D eigenvalue weighted by Gasteiger charge is -2.40. The first-order valence-electron chi connectivity index (χ1n) is 13.0. The van der Waals surface area contributed by atoms with Crippen LogP contribution in [0.25, 0.3) is 0 Å². The van der Waals surface area contributed by atoms with Gasteiger partial charge < -0.3 is 15.3 Å². The number of alkyl halides is 6. The SMILES string of the molecule is O=C(N[C@@H]1C[C@@H](Cl)[C@@H](CN2C(=O)[C@](O)(c3cc(C(F)(F)F)ccc3F)c3ccccc32)C[C@H]1C(F)F)c1cccnc1. The molecule has 2 amide bonds. The first-order chi connectivity index (χ1) is 19.8. The summed E-state index contributed by atoms with van der Waals surface area (Å²) < 4.78 is 83.7. The summed E-state index contributed by atoms with van der Waals surface area (Å²) in [6.07, 6.45) is -5.26. The average Bonchev–Trinajstić information content (AvgIpc) is 3.16. The van der Waals surface area contributed by atoms with Crippen LogP contribution in [0.4, 0.5) is 32.0 Å². The van der Waals surface area contributed by atoms with E-state index in [0.717, 1.165) is 4.90 Å². The summed E-state index contributed by atoms with van der Waals surface area (Å²) in [7, 11) is 0. The fourth-order valence-corrected chi connectivity index (χ4v) is 6.12. The largest absolute Gasteiger partial charge is 0.416 e. The molecule has 2 heterocycles. The minimum Gasteiger partial charge on any atom is -0.372 e. The van der Waals surface area contributed by atoms with Crippen LogP contribution in [0.3, 0.4) is 0 Å². The van der Waals surface area contributed by atoms with Crippen LogP contribution in [0.2, 0.25) is 0 Å². The summed E-state index contributed by atoms with van der Waals surface area (Å²) in [5.41, 5.74) is -4.83. The number of amides is 2. The lowest BCUT2D eigenvalue weighted by Crippen LogP contribution is -2.52. The Kier molecular flexibility index (Phi) is 7.97. The van der Waals surface area contributed by atoms with Crippen molar-refractivity contribution in [2.45, 2.75) is 42.5 Å². The van der Waals surface area contributed by atoms with Gasteiger partial charge in [0.15, 0.2) is 5.60 Å². The van der Waals surface area contributed by atoms with Crippen LogP contribution in [-0.4, -0.2) is 46.3 Å². The topological polar surface area (TPSA) is 82.5 Å². The van der Waals surface area contributed by atoms with Crippen LogP contribution in [0, 0.1) is 17.7 Å². The number of nitrogens with one attached hydrogen (secondary N) is 1. The summed E-state index contributed by atoms with van der Waals surface area (Å²) >= 11 is 6.62. The zero-order valence-corrected chi connectivity index (χ0v) is 22.4. The quantitative estimate of drug-likeness (QED) is 0.284. The van der Waals surface area contributed by atoms with Crippen molar-refractivity contribution in [3.63, 3.8) is 0 Å². The van der Waals surface area contributed by atoms with Crippen LogP contribution in [0.5, 0.6) is 0 Å². The zero-order valence-electron chi connectivity index (χ0n) is 21.7. The Morgan fingerprint density at radius 3 is 2.52 bits per heavy atom. The van der Waals surface area contributed by atoms with Gasteiger partial charge >= 0.3 is 6.18 Å². The van der Waals surface area contributed by atoms with E-state index in [9.17, 15) is 41.0 Å². The number of benzene rings is 2. The minimum absolute atomic E-state index is 0.0660. The second-order valence-electron chi connectivity index (χ2n) is 10.4. The highest BCUT2D eigenvalue weighted by atomic mass is 35.5. The van der Waals surface area contributed by atoms with E-state index < -0.39 is 70.2 Å². The predicted molar refractivity (Wildman–Crippen MR) is 141 cm³/mol. The van der Waals surface area contributed by atoms with Crippen molar-refractivity contribution < 1.29 is 41.0 Å². The Morgan fingerprint density at radius 2 is 1.86 bits per heavy atom. The van der Waals surface area contributed by atoms with Gasteiger partial charge in [-0.1, -0.05) is 18.2 Å². The van der Waals surface area contributed by atoms with E-state index in [-0.39, 0.29) is 36.2 Å². The lowest BCUT2D eigenvalue weighted by molar-refractivity contribution is -0.138. The highest BCUT2D eigenvalue weighted by molar-refractivity contribution is 6.21. The summed E-state index contributed by atoms with van der Waals surface area (Å²) in [6, 6.07) is 9.08. The summed E-state index contributed by atoms with van der Waals surface area (Å²) in [5, 5.41) is 13.4. The van der Waals surface area contributed by atoms with Crippen LogP contribution in [0.15, 0.2) is 67.0 Å². The molecule has 0 saturated heterocycles. The molecule has 2 aliphatic rings. The number of aromatic nitrogens is 1. The Bertz CT molecular complexity index is 1490. The number of anilines is 1. The van der Waals surface area contributed by atoms with Crippen molar-refractivity contribution in [2.24, 2.45) is 11.8 Å². The molecule has 1 aromatic heterocycles. The molecule has 0 unspecified atom stereocenters. The van der Waals surface area contributed by atoms with E-state index >= 15 is 0 Å². The van der Waals surface area contributed by atoms with Gasteiger partial charge in [-0.05, 0) is 55.2 Å². The van der Waals surface area contributed by atoms with E-state index in [2.05, 4.69) is 10.3 Å². The Hall–Kier alpha value is -3.64. The van der Waals surface area contributed by atoms with Crippen molar-refractivity contribution in [1.82, 2.24) is 10.3 Å². The molecule has 1 aliphatic heterocycles. The fourth-order valence-electron chi connectivity index (χ4n) is 5.74. The van der Waals surface area contributed by atoms with Gasteiger partial charge in [0.25, 0.3) is 11.8 Å². The molecule has 13 heteroatoms. The zero-order chi connectivity index (χ0) is 30.4. The van der Waals surface area contributed by atoms with E-state index in [1.54, 1.807) is 0 Å². The number of hydrogen-bond acceptors (Lipinski definition) is 4. The molecule has 2 N–H and O–H groups in total. The Labute approximate surface area is 241 Å². The van der Waals surface area contributed by atoms with Gasteiger partial charge in [-0.15, -0.1) is 11.6 Å². The van der Waals surface area contributed by atoms with Crippen molar-refractivity contribution in [2.75, 3.05) is 11.4 Å². The number of rotatable bonds is 6. The lowest BCUT2D eigenvalue weighted by atomic mass is 9.77. The molecule has 222 valence electrons. The number of aliphatic hydroxyl groups is 1. The number of nitrogens with zero attached hydrogens (tertiary/aromatic N) is 2. The second kappa shape index (κ2) is 11.2. The van der Waals surface area contributed by atoms with Crippen molar-refractivity contribution in [3.05, 3.63) is 95.1 Å². The number of hydrogen-bond donors (Lipinski definition) is 2. The average molecular weight is 612 g/mol. The Morgan fingerprint density at radius 1 is 1.12 bits per heavy atom. The molecule has 3 aromatic rings. The summed E-state index contributed by atoms with van der Waals surface area (Å²) in [5.74, 6) is -5.06. The van der Waals surface area contributed by atoms with Gasteiger partial charge in [-0.3, -0.25) is 14.6 Å². The molecular formula is C29H24ClF6N3O3. The van der Waals surface area contributed by atoms with Gasteiger partial charge in [0.2, 0.25) is 6.43 Å². The molecule has 1 saturated carbocycles. The summed E-state index contributed by atoms with van der Waals surface area (Å²) in [4.78, 5) is 31.3. The number of fused-ring (bicyclic) bond motifs is 1. The Balaban J connectivity index is 1.43. The highest BCUT2D eigenvalue weighted by Gasteiger charge is 2.54. The molecule has 1 fully saturated rings. The third-order valence-corrected chi connectivity index (χ3v) is 8.42. The first-order valence-corrected chi connectivity index (χ1v) is 13.4.